The number of carbonyl (C=O) groups is 1. The molecule has 1 aromatic rings. The van der Waals surface area contributed by atoms with Crippen LogP contribution in [-0.2, 0) is 5.88 Å². The molecule has 0 atom stereocenters. The van der Waals surface area contributed by atoms with Crippen molar-refractivity contribution >= 4 is 17.6 Å². The maximum absolute atomic E-state index is 10.4. The van der Waals surface area contributed by atoms with Crippen molar-refractivity contribution in [1.29, 1.82) is 0 Å². The molecule has 0 aliphatic carbocycles. The molecule has 2 nitrogen and oxygen atoms in total. The zero-order valence-corrected chi connectivity index (χ0v) is 9.51. The normalized spacial score (nSPS) is 8.75. The molecule has 0 heterocycles. The van der Waals surface area contributed by atoms with Crippen LogP contribution in [0.25, 0.3) is 0 Å². The van der Waals surface area contributed by atoms with Gasteiger partial charge in [-0.1, -0.05) is 12.1 Å². The molecule has 0 spiro atoms. The Morgan fingerprint density at radius 2 is 1.92 bits per heavy atom. The molecule has 0 aliphatic rings. The largest absolute Gasteiger partial charge is 1.00 e. The number of hydrogen-bond donors (Lipinski definition) is 1. The van der Waals surface area contributed by atoms with E-state index >= 15 is 0 Å². The minimum atomic E-state index is -0.911. The monoisotopic (exact) mass is 194 g/mol. The summed E-state index contributed by atoms with van der Waals surface area (Å²) in [5, 5.41) is 8.52. The summed E-state index contributed by atoms with van der Waals surface area (Å²) >= 11 is 5.51. The van der Waals surface area contributed by atoms with Gasteiger partial charge in [-0.25, -0.2) is 4.79 Å². The van der Waals surface area contributed by atoms with Gasteiger partial charge in [0.1, 0.15) is 0 Å². The molecule has 0 aromatic heterocycles. The van der Waals surface area contributed by atoms with Crippen molar-refractivity contribution in [1.82, 2.24) is 0 Å². The Labute approximate surface area is 99.3 Å². The second kappa shape index (κ2) is 5.60. The molecule has 0 saturated heterocycles. The van der Waals surface area contributed by atoms with E-state index in [9.17, 15) is 4.79 Å². The molecule has 0 saturated carbocycles. The number of carboxylic acids is 1. The summed E-state index contributed by atoms with van der Waals surface area (Å²) in [5.74, 6) is -0.494. The fourth-order valence-electron chi connectivity index (χ4n) is 0.736. The van der Waals surface area contributed by atoms with Crippen molar-refractivity contribution < 1.29 is 40.9 Å². The Hall–Kier alpha value is -0.0200. The summed E-state index contributed by atoms with van der Waals surface area (Å²) in [7, 11) is 0. The van der Waals surface area contributed by atoms with Gasteiger partial charge in [0.05, 0.1) is 5.56 Å². The maximum atomic E-state index is 10.4. The summed E-state index contributed by atoms with van der Waals surface area (Å²) in [6.45, 7) is 0. The molecule has 4 heteroatoms. The molecule has 0 aliphatic heterocycles. The van der Waals surface area contributed by atoms with Crippen molar-refractivity contribution in [3.8, 4) is 0 Å². The van der Waals surface area contributed by atoms with Crippen LogP contribution in [-0.4, -0.2) is 11.1 Å². The van der Waals surface area contributed by atoms with Gasteiger partial charge in [-0.05, 0) is 17.7 Å². The van der Waals surface area contributed by atoms with Gasteiger partial charge >= 0.3 is 35.5 Å². The number of rotatable bonds is 2. The average molecular weight is 195 g/mol. The van der Waals surface area contributed by atoms with Gasteiger partial charge in [0, 0.05) is 5.88 Å². The predicted octanol–water partition coefficient (Wildman–Crippen LogP) is -0.760. The Morgan fingerprint density at radius 3 is 2.25 bits per heavy atom. The van der Waals surface area contributed by atoms with Crippen molar-refractivity contribution in [2.75, 3.05) is 0 Å². The molecule has 0 radical (unpaired) electrons. The first kappa shape index (κ1) is 12.0. The first-order chi connectivity index (χ1) is 5.24. The molecular weight excluding hydrogens is 187 g/mol. The van der Waals surface area contributed by atoms with Gasteiger partial charge < -0.3 is 6.53 Å². The number of halogens is 1. The van der Waals surface area contributed by atoms with E-state index in [0.717, 1.165) is 5.56 Å². The van der Waals surface area contributed by atoms with E-state index in [4.69, 9.17) is 16.7 Å². The van der Waals surface area contributed by atoms with E-state index in [0.29, 0.717) is 11.4 Å². The van der Waals surface area contributed by atoms with E-state index in [2.05, 4.69) is 0 Å². The quantitative estimate of drug-likeness (QED) is 0.497. The Balaban J connectivity index is 0. The SMILES string of the molecule is O=C(O)c1ccc(CCl)cc1.[H-].[Na+]. The number of benzene rings is 1. The van der Waals surface area contributed by atoms with Crippen LogP contribution in [0, 0.1) is 0 Å². The summed E-state index contributed by atoms with van der Waals surface area (Å²) in [6.07, 6.45) is 0. The molecule has 0 fully saturated rings. The minimum absolute atomic E-state index is 0. The summed E-state index contributed by atoms with van der Waals surface area (Å²) in [5.41, 5.74) is 1.22. The van der Waals surface area contributed by atoms with Crippen LogP contribution >= 0.6 is 11.6 Å². The van der Waals surface area contributed by atoms with Crippen molar-refractivity contribution in [3.63, 3.8) is 0 Å². The third-order valence-corrected chi connectivity index (χ3v) is 1.66. The van der Waals surface area contributed by atoms with Crippen LogP contribution in [0.2, 0.25) is 0 Å². The fourth-order valence-corrected chi connectivity index (χ4v) is 0.915. The second-order valence-corrected chi connectivity index (χ2v) is 2.40. The zero-order chi connectivity index (χ0) is 8.27. The number of aromatic carboxylic acids is 1. The van der Waals surface area contributed by atoms with E-state index in [1.54, 1.807) is 24.3 Å². The van der Waals surface area contributed by atoms with Crippen molar-refractivity contribution in [3.05, 3.63) is 35.4 Å². The third-order valence-electron chi connectivity index (χ3n) is 1.36. The predicted molar refractivity (Wildman–Crippen MR) is 44.1 cm³/mol. The van der Waals surface area contributed by atoms with Crippen LogP contribution in [0.15, 0.2) is 24.3 Å². The first-order valence-corrected chi connectivity index (χ1v) is 3.65. The average Bonchev–Trinajstić information content (AvgIpc) is 2.05. The van der Waals surface area contributed by atoms with Gasteiger partial charge in [0.15, 0.2) is 0 Å². The van der Waals surface area contributed by atoms with Crippen LogP contribution in [0.4, 0.5) is 0 Å². The molecule has 0 bridgehead atoms. The molecule has 0 unspecified atom stereocenters. The zero-order valence-electron chi connectivity index (χ0n) is 7.75. The van der Waals surface area contributed by atoms with Crippen LogP contribution in [0.5, 0.6) is 0 Å². The van der Waals surface area contributed by atoms with Crippen LogP contribution < -0.4 is 29.6 Å². The fraction of sp³-hybridized carbons (Fsp3) is 0.125. The summed E-state index contributed by atoms with van der Waals surface area (Å²) in [4.78, 5) is 10.4. The third kappa shape index (κ3) is 3.15. The van der Waals surface area contributed by atoms with Crippen LogP contribution in [0.1, 0.15) is 17.3 Å². The minimum Gasteiger partial charge on any atom is -1.00 e. The van der Waals surface area contributed by atoms with Gasteiger partial charge in [-0.3, -0.25) is 0 Å². The van der Waals surface area contributed by atoms with Gasteiger partial charge in [0.2, 0.25) is 0 Å². The summed E-state index contributed by atoms with van der Waals surface area (Å²) in [6, 6.07) is 6.49. The Kier molecular flexibility index (Phi) is 5.59. The van der Waals surface area contributed by atoms with Crippen molar-refractivity contribution in [2.45, 2.75) is 5.88 Å². The maximum Gasteiger partial charge on any atom is 1.00 e. The number of carboxylic acid groups (broad SMARTS) is 1. The first-order valence-electron chi connectivity index (χ1n) is 3.12. The topological polar surface area (TPSA) is 37.3 Å². The molecule has 60 valence electrons. The second-order valence-electron chi connectivity index (χ2n) is 2.14. The molecule has 12 heavy (non-hydrogen) atoms. The van der Waals surface area contributed by atoms with Gasteiger partial charge in [-0.2, -0.15) is 0 Å². The molecule has 1 rings (SSSR count). The Bertz CT molecular complexity index is 263. The number of hydrogen-bond acceptors (Lipinski definition) is 1. The van der Waals surface area contributed by atoms with Gasteiger partial charge in [-0.15, -0.1) is 11.6 Å². The summed E-state index contributed by atoms with van der Waals surface area (Å²) < 4.78 is 0. The number of alkyl halides is 1. The standard InChI is InChI=1S/C8H7ClO2.Na.H/c9-5-6-1-3-7(4-2-6)8(10)11;;/h1-4H,5H2,(H,10,11);;/q;+1;-1. The molecule has 1 N–H and O–H groups in total. The van der Waals surface area contributed by atoms with Gasteiger partial charge in [0.25, 0.3) is 0 Å². The molecule has 0 amide bonds. The smallest absolute Gasteiger partial charge is 1.00 e. The van der Waals surface area contributed by atoms with Crippen molar-refractivity contribution in [2.24, 2.45) is 0 Å². The molecular formula is C8H8ClNaO2. The Morgan fingerprint density at radius 1 is 1.42 bits per heavy atom. The molecule has 1 aromatic carbocycles. The van der Waals surface area contributed by atoms with E-state index in [-0.39, 0.29) is 31.0 Å². The van der Waals surface area contributed by atoms with E-state index in [1.807, 2.05) is 0 Å². The van der Waals surface area contributed by atoms with E-state index < -0.39 is 5.97 Å². The van der Waals surface area contributed by atoms with Crippen LogP contribution in [0.3, 0.4) is 0 Å². The van der Waals surface area contributed by atoms with E-state index in [1.165, 1.54) is 0 Å².